The number of hydrogen-bond donors (Lipinski definition) is 1. The summed E-state index contributed by atoms with van der Waals surface area (Å²) >= 11 is 1.14. The van der Waals surface area contributed by atoms with Gasteiger partial charge in [-0.25, -0.2) is 0 Å². The molecule has 32 heavy (non-hydrogen) atoms. The predicted octanol–water partition coefficient (Wildman–Crippen LogP) is 4.73. The average Bonchev–Trinajstić information content (AvgIpc) is 3.15. The summed E-state index contributed by atoms with van der Waals surface area (Å²) in [6, 6.07) is 16.5. The van der Waals surface area contributed by atoms with Gasteiger partial charge in [-0.2, -0.15) is 9.61 Å². The van der Waals surface area contributed by atoms with Gasteiger partial charge in [0.05, 0.1) is 11.4 Å². The van der Waals surface area contributed by atoms with E-state index in [0.717, 1.165) is 40.7 Å². The van der Waals surface area contributed by atoms with Crippen molar-refractivity contribution in [3.63, 3.8) is 0 Å². The number of fused-ring (bicyclic) bond motifs is 1. The van der Waals surface area contributed by atoms with Gasteiger partial charge in [0.25, 0.3) is 0 Å². The number of carbonyl (C=O) groups excluding carboxylic acids is 1. The fourth-order valence-corrected chi connectivity index (χ4v) is 3.49. The van der Waals surface area contributed by atoms with E-state index in [2.05, 4.69) is 25.3 Å². The molecule has 1 amide bonds. The predicted molar refractivity (Wildman–Crippen MR) is 113 cm³/mol. The van der Waals surface area contributed by atoms with E-state index in [4.69, 9.17) is 0 Å². The Labute approximate surface area is 184 Å². The van der Waals surface area contributed by atoms with Crippen molar-refractivity contribution < 1.29 is 22.7 Å². The Hall–Kier alpha value is -3.60. The molecule has 0 unspecified atom stereocenters. The number of alkyl halides is 3. The van der Waals surface area contributed by atoms with E-state index < -0.39 is 6.36 Å². The number of anilines is 1. The van der Waals surface area contributed by atoms with Crippen molar-refractivity contribution in [2.24, 2.45) is 0 Å². The number of amides is 1. The number of nitrogens with zero attached hydrogens (tertiary/aromatic N) is 4. The molecule has 2 aromatic carbocycles. The molecule has 164 valence electrons. The van der Waals surface area contributed by atoms with E-state index in [9.17, 15) is 18.0 Å². The molecule has 11 heteroatoms. The zero-order chi connectivity index (χ0) is 22.7. The summed E-state index contributed by atoms with van der Waals surface area (Å²) in [4.78, 5) is 12.3. The summed E-state index contributed by atoms with van der Waals surface area (Å²) in [5.41, 5.74) is 3.71. The number of rotatable bonds is 6. The Morgan fingerprint density at radius 2 is 1.75 bits per heavy atom. The number of aromatic nitrogens is 4. The number of benzene rings is 2. The molecule has 0 bridgehead atoms. The first-order chi connectivity index (χ1) is 15.3. The van der Waals surface area contributed by atoms with Gasteiger partial charge in [0.2, 0.25) is 11.1 Å². The van der Waals surface area contributed by atoms with Gasteiger partial charge >= 0.3 is 6.36 Å². The Balaban J connectivity index is 1.41. The lowest BCUT2D eigenvalue weighted by Crippen LogP contribution is -2.17. The highest BCUT2D eigenvalue weighted by Gasteiger charge is 2.30. The van der Waals surface area contributed by atoms with Crippen LogP contribution in [0.2, 0.25) is 0 Å². The summed E-state index contributed by atoms with van der Waals surface area (Å²) < 4.78 is 42.0. The normalized spacial score (nSPS) is 11.5. The quantitative estimate of drug-likeness (QED) is 0.420. The molecule has 0 aliphatic rings. The fourth-order valence-electron chi connectivity index (χ4n) is 2.80. The first-order valence-electron chi connectivity index (χ1n) is 9.35. The summed E-state index contributed by atoms with van der Waals surface area (Å²) in [5.74, 6) is -0.709. The Morgan fingerprint density at radius 3 is 2.44 bits per heavy atom. The highest BCUT2D eigenvalue weighted by Crippen LogP contribution is 2.25. The van der Waals surface area contributed by atoms with Crippen LogP contribution in [0.4, 0.5) is 18.9 Å². The van der Waals surface area contributed by atoms with Crippen LogP contribution < -0.4 is 10.1 Å². The number of thioether (sulfide) groups is 1. The Bertz CT molecular complexity index is 1240. The highest BCUT2D eigenvalue weighted by molar-refractivity contribution is 7.99. The zero-order valence-electron chi connectivity index (χ0n) is 16.6. The van der Waals surface area contributed by atoms with Gasteiger partial charge in [-0.3, -0.25) is 4.79 Å². The molecule has 0 atom stereocenters. The topological polar surface area (TPSA) is 81.4 Å². The molecule has 2 heterocycles. The molecule has 0 aliphatic carbocycles. The third-order valence-electron chi connectivity index (χ3n) is 4.29. The van der Waals surface area contributed by atoms with Gasteiger partial charge in [-0.1, -0.05) is 41.6 Å². The maximum atomic E-state index is 12.3. The lowest BCUT2D eigenvalue weighted by Gasteiger charge is -2.09. The molecule has 0 aliphatic heterocycles. The molecule has 0 spiro atoms. The minimum Gasteiger partial charge on any atom is -0.406 e. The fraction of sp³-hybridized carbons (Fsp3) is 0.143. The smallest absolute Gasteiger partial charge is 0.406 e. The number of halogens is 3. The van der Waals surface area contributed by atoms with Crippen LogP contribution in [0.1, 0.15) is 5.56 Å². The van der Waals surface area contributed by atoms with Crippen molar-refractivity contribution in [1.82, 2.24) is 19.8 Å². The molecule has 0 fully saturated rings. The zero-order valence-corrected chi connectivity index (χ0v) is 17.4. The van der Waals surface area contributed by atoms with Crippen LogP contribution in [0.3, 0.4) is 0 Å². The van der Waals surface area contributed by atoms with Crippen molar-refractivity contribution in [3.8, 4) is 17.0 Å². The van der Waals surface area contributed by atoms with E-state index in [-0.39, 0.29) is 17.4 Å². The Kier molecular flexibility index (Phi) is 5.99. The number of aryl methyl sites for hydroxylation is 1. The molecule has 2 aromatic heterocycles. The minimum atomic E-state index is -4.77. The summed E-state index contributed by atoms with van der Waals surface area (Å²) in [5, 5.41) is 15.8. The maximum Gasteiger partial charge on any atom is 0.573 e. The largest absolute Gasteiger partial charge is 0.573 e. The number of ether oxygens (including phenoxy) is 1. The molecule has 7 nitrogen and oxygen atoms in total. The van der Waals surface area contributed by atoms with Gasteiger partial charge in [-0.05, 0) is 43.3 Å². The summed E-state index contributed by atoms with van der Waals surface area (Å²) in [6.07, 6.45) is -4.77. The third-order valence-corrected chi connectivity index (χ3v) is 5.20. The van der Waals surface area contributed by atoms with Crippen molar-refractivity contribution in [2.45, 2.75) is 18.4 Å². The molecule has 4 rings (SSSR count). The molecule has 0 radical (unpaired) electrons. The molecule has 0 saturated heterocycles. The molecule has 4 aromatic rings. The number of hydrogen-bond acceptors (Lipinski definition) is 6. The van der Waals surface area contributed by atoms with E-state index in [1.807, 2.05) is 37.3 Å². The van der Waals surface area contributed by atoms with E-state index in [1.54, 1.807) is 10.6 Å². The van der Waals surface area contributed by atoms with Crippen molar-refractivity contribution in [1.29, 1.82) is 0 Å². The second kappa shape index (κ2) is 8.87. The lowest BCUT2D eigenvalue weighted by molar-refractivity contribution is -0.274. The second-order valence-electron chi connectivity index (χ2n) is 6.75. The SMILES string of the molecule is Cc1ccc(-c2ccc3nnc(SCC(=O)Nc4ccc(OC(F)(F)F)cc4)n3n2)cc1. The first-order valence-corrected chi connectivity index (χ1v) is 10.3. The molecule has 1 N–H and O–H groups in total. The molecule has 0 saturated carbocycles. The second-order valence-corrected chi connectivity index (χ2v) is 7.69. The average molecular weight is 459 g/mol. The number of nitrogens with one attached hydrogen (secondary N) is 1. The van der Waals surface area contributed by atoms with E-state index >= 15 is 0 Å². The van der Waals surface area contributed by atoms with E-state index in [1.165, 1.54) is 12.1 Å². The van der Waals surface area contributed by atoms with Crippen LogP contribution in [0.15, 0.2) is 65.8 Å². The van der Waals surface area contributed by atoms with Gasteiger partial charge < -0.3 is 10.1 Å². The van der Waals surface area contributed by atoms with Crippen LogP contribution in [0.25, 0.3) is 16.9 Å². The standard InChI is InChI=1S/C21H16F3N5O2S/c1-13-2-4-14(5-3-13)17-10-11-18-26-27-20(29(18)28-17)32-12-19(30)25-15-6-8-16(9-7-15)31-21(22,23)24/h2-11H,12H2,1H3,(H,25,30). The van der Waals surface area contributed by atoms with Crippen LogP contribution in [0, 0.1) is 6.92 Å². The summed E-state index contributed by atoms with van der Waals surface area (Å²) in [6.45, 7) is 2.00. The van der Waals surface area contributed by atoms with Crippen LogP contribution in [-0.2, 0) is 4.79 Å². The number of carbonyl (C=O) groups is 1. The van der Waals surface area contributed by atoms with Crippen molar-refractivity contribution in [2.75, 3.05) is 11.1 Å². The first kappa shape index (κ1) is 21.6. The third kappa shape index (κ3) is 5.35. The van der Waals surface area contributed by atoms with Crippen LogP contribution >= 0.6 is 11.8 Å². The van der Waals surface area contributed by atoms with Crippen LogP contribution in [0.5, 0.6) is 5.75 Å². The van der Waals surface area contributed by atoms with Crippen LogP contribution in [-0.4, -0.2) is 37.8 Å². The van der Waals surface area contributed by atoms with Gasteiger partial charge in [0.15, 0.2) is 5.65 Å². The van der Waals surface area contributed by atoms with Crippen molar-refractivity contribution >= 4 is 29.0 Å². The van der Waals surface area contributed by atoms with Gasteiger partial charge in [0, 0.05) is 11.3 Å². The maximum absolute atomic E-state index is 12.3. The van der Waals surface area contributed by atoms with E-state index in [0.29, 0.717) is 16.5 Å². The van der Waals surface area contributed by atoms with Gasteiger partial charge in [-0.15, -0.1) is 23.4 Å². The monoisotopic (exact) mass is 459 g/mol. The molecular weight excluding hydrogens is 443 g/mol. The van der Waals surface area contributed by atoms with Gasteiger partial charge in [0.1, 0.15) is 5.75 Å². The van der Waals surface area contributed by atoms with Crippen molar-refractivity contribution in [3.05, 3.63) is 66.2 Å². The summed E-state index contributed by atoms with van der Waals surface area (Å²) in [7, 11) is 0. The Morgan fingerprint density at radius 1 is 1.03 bits per heavy atom. The highest BCUT2D eigenvalue weighted by atomic mass is 32.2. The minimum absolute atomic E-state index is 0.0119. The molecular formula is C21H16F3N5O2S. The lowest BCUT2D eigenvalue weighted by atomic mass is 10.1.